The lowest BCUT2D eigenvalue weighted by molar-refractivity contribution is 0.763. The van der Waals surface area contributed by atoms with Crippen LogP contribution in [-0.4, -0.2) is 26.3 Å². The summed E-state index contributed by atoms with van der Waals surface area (Å²) in [5.41, 5.74) is 4.49. The number of fused-ring (bicyclic) bond motifs is 2. The molecule has 5 rings (SSSR count). The molecule has 0 saturated carbocycles. The largest absolute Gasteiger partial charge is 0.212 e. The van der Waals surface area contributed by atoms with E-state index in [-0.39, 0.29) is 0 Å². The molecular weight excluding hydrogens is 340 g/mol. The van der Waals surface area contributed by atoms with Crippen molar-refractivity contribution in [3.05, 3.63) is 77.9 Å². The van der Waals surface area contributed by atoms with Crippen molar-refractivity contribution in [1.29, 1.82) is 0 Å². The van der Waals surface area contributed by atoms with Crippen LogP contribution in [0.5, 0.6) is 0 Å². The predicted molar refractivity (Wildman–Crippen MR) is 107 cm³/mol. The van der Waals surface area contributed by atoms with E-state index < -0.39 is 0 Å². The Kier molecular flexibility index (Phi) is 3.60. The molecule has 0 bridgehead atoms. The van der Waals surface area contributed by atoms with E-state index in [0.717, 1.165) is 39.0 Å². The van der Waals surface area contributed by atoms with Crippen LogP contribution in [0, 0.1) is 6.92 Å². The molecule has 0 spiro atoms. The van der Waals surface area contributed by atoms with Gasteiger partial charge < -0.3 is 0 Å². The van der Waals surface area contributed by atoms with Gasteiger partial charge in [-0.05, 0) is 23.3 Å². The van der Waals surface area contributed by atoms with Crippen molar-refractivity contribution >= 4 is 28.2 Å². The topological polar surface area (TPSA) is 43.1 Å². The van der Waals surface area contributed by atoms with Crippen LogP contribution in [0.3, 0.4) is 0 Å². The summed E-state index contributed by atoms with van der Waals surface area (Å²) in [6.07, 6.45) is 0. The molecular formula is C21H16N4S. The van der Waals surface area contributed by atoms with Crippen LogP contribution in [0.4, 0.5) is 0 Å². The van der Waals surface area contributed by atoms with Gasteiger partial charge in [-0.15, -0.1) is 10.2 Å². The molecule has 4 nitrogen and oxygen atoms in total. The zero-order chi connectivity index (χ0) is 17.5. The fourth-order valence-electron chi connectivity index (χ4n) is 3.20. The summed E-state index contributed by atoms with van der Waals surface area (Å²) >= 11 is 1.68. The quantitative estimate of drug-likeness (QED) is 0.520. The lowest BCUT2D eigenvalue weighted by Crippen LogP contribution is -2.13. The molecule has 2 heterocycles. The third-order valence-electron chi connectivity index (χ3n) is 4.59. The first-order valence-corrected chi connectivity index (χ1v) is 9.49. The maximum absolute atomic E-state index is 4.88. The molecule has 4 aromatic rings. The second-order valence-electron chi connectivity index (χ2n) is 6.35. The van der Waals surface area contributed by atoms with Crippen LogP contribution in [0.25, 0.3) is 22.2 Å². The Labute approximate surface area is 155 Å². The van der Waals surface area contributed by atoms with Gasteiger partial charge in [-0.3, -0.25) is 0 Å². The minimum atomic E-state index is 0.786. The number of benzene rings is 3. The highest BCUT2D eigenvalue weighted by molar-refractivity contribution is 7.99. The van der Waals surface area contributed by atoms with Crippen molar-refractivity contribution in [2.24, 2.45) is 5.10 Å². The Morgan fingerprint density at radius 1 is 0.885 bits per heavy atom. The van der Waals surface area contributed by atoms with Crippen LogP contribution >= 0.6 is 11.8 Å². The molecule has 3 aromatic carbocycles. The van der Waals surface area contributed by atoms with E-state index in [1.807, 2.05) is 4.68 Å². The van der Waals surface area contributed by atoms with Crippen molar-refractivity contribution in [2.45, 2.75) is 12.1 Å². The van der Waals surface area contributed by atoms with Gasteiger partial charge in [0.25, 0.3) is 0 Å². The third-order valence-corrected chi connectivity index (χ3v) is 5.52. The molecule has 1 aliphatic heterocycles. The Balaban J connectivity index is 1.67. The number of hydrogen-bond acceptors (Lipinski definition) is 4. The van der Waals surface area contributed by atoms with Gasteiger partial charge in [0, 0.05) is 11.3 Å². The Morgan fingerprint density at radius 3 is 2.58 bits per heavy atom. The van der Waals surface area contributed by atoms with Gasteiger partial charge >= 0.3 is 0 Å². The maximum Gasteiger partial charge on any atom is 0.212 e. The first-order chi connectivity index (χ1) is 12.8. The lowest BCUT2D eigenvalue weighted by atomic mass is 10.0. The van der Waals surface area contributed by atoms with E-state index >= 15 is 0 Å². The van der Waals surface area contributed by atoms with Crippen LogP contribution in [-0.2, 0) is 0 Å². The number of aromatic nitrogens is 3. The second-order valence-corrected chi connectivity index (χ2v) is 7.29. The molecule has 0 unspecified atom stereocenters. The lowest BCUT2D eigenvalue weighted by Gasteiger charge is -2.14. The molecule has 0 aliphatic carbocycles. The molecule has 1 aliphatic rings. The summed E-state index contributed by atoms with van der Waals surface area (Å²) in [7, 11) is 0. The average Bonchev–Trinajstić information content (AvgIpc) is 3.11. The number of hydrogen-bond donors (Lipinski definition) is 0. The molecule has 0 fully saturated rings. The van der Waals surface area contributed by atoms with Crippen molar-refractivity contribution in [1.82, 2.24) is 14.9 Å². The summed E-state index contributed by atoms with van der Waals surface area (Å²) in [6, 6.07) is 23.1. The number of rotatable bonds is 2. The molecule has 0 saturated heterocycles. The standard InChI is InChI=1S/C21H16N4S/c1-14-9-11-16(12-10-14)19-13-26-21-23-22-20(25(21)24-19)18-8-4-6-15-5-2-3-7-17(15)18/h2-12H,13H2,1H3. The van der Waals surface area contributed by atoms with E-state index in [0.29, 0.717) is 0 Å². The van der Waals surface area contributed by atoms with Crippen LogP contribution in [0.1, 0.15) is 11.1 Å². The minimum absolute atomic E-state index is 0.786. The van der Waals surface area contributed by atoms with Gasteiger partial charge in [-0.1, -0.05) is 84.1 Å². The molecule has 0 amide bonds. The Morgan fingerprint density at radius 2 is 1.69 bits per heavy atom. The predicted octanol–water partition coefficient (Wildman–Crippen LogP) is 4.76. The number of thioether (sulfide) groups is 1. The SMILES string of the molecule is Cc1ccc(C2=Nn3c(nnc3-c3cccc4ccccc34)SC2)cc1. The monoisotopic (exact) mass is 356 g/mol. The van der Waals surface area contributed by atoms with Crippen molar-refractivity contribution in [3.63, 3.8) is 0 Å². The molecule has 26 heavy (non-hydrogen) atoms. The molecule has 5 heteroatoms. The Hall–Kier alpha value is -2.92. The van der Waals surface area contributed by atoms with Crippen molar-refractivity contribution in [2.75, 3.05) is 5.75 Å². The summed E-state index contributed by atoms with van der Waals surface area (Å²) in [6.45, 7) is 2.09. The molecule has 0 radical (unpaired) electrons. The zero-order valence-corrected chi connectivity index (χ0v) is 15.1. The van der Waals surface area contributed by atoms with Crippen LogP contribution < -0.4 is 0 Å². The van der Waals surface area contributed by atoms with Gasteiger partial charge in [-0.2, -0.15) is 9.78 Å². The van der Waals surface area contributed by atoms with Gasteiger partial charge in [-0.25, -0.2) is 0 Å². The summed E-state index contributed by atoms with van der Waals surface area (Å²) < 4.78 is 1.88. The van der Waals surface area contributed by atoms with E-state index in [9.17, 15) is 0 Å². The first kappa shape index (κ1) is 15.3. The Bertz CT molecular complexity index is 1140. The van der Waals surface area contributed by atoms with E-state index in [2.05, 4.69) is 83.9 Å². The highest BCUT2D eigenvalue weighted by atomic mass is 32.2. The van der Waals surface area contributed by atoms with Crippen LogP contribution in [0.15, 0.2) is 77.0 Å². The molecule has 126 valence electrons. The fraction of sp³-hybridized carbons (Fsp3) is 0.0952. The maximum atomic E-state index is 4.88. The van der Waals surface area contributed by atoms with E-state index in [1.165, 1.54) is 10.9 Å². The number of nitrogens with zero attached hydrogens (tertiary/aromatic N) is 4. The fourth-order valence-corrected chi connectivity index (χ4v) is 4.04. The molecule has 1 aromatic heterocycles. The third kappa shape index (κ3) is 2.52. The summed E-state index contributed by atoms with van der Waals surface area (Å²) in [5, 5.41) is 16.9. The molecule has 0 atom stereocenters. The van der Waals surface area contributed by atoms with E-state index in [4.69, 9.17) is 5.10 Å². The van der Waals surface area contributed by atoms with Crippen LogP contribution in [0.2, 0.25) is 0 Å². The minimum Gasteiger partial charge on any atom is -0.186 e. The highest BCUT2D eigenvalue weighted by Crippen LogP contribution is 2.32. The molecule has 0 N–H and O–H groups in total. The van der Waals surface area contributed by atoms with Gasteiger partial charge in [0.15, 0.2) is 5.82 Å². The van der Waals surface area contributed by atoms with Gasteiger partial charge in [0.2, 0.25) is 5.16 Å². The van der Waals surface area contributed by atoms with Gasteiger partial charge in [0.1, 0.15) is 0 Å². The summed E-state index contributed by atoms with van der Waals surface area (Å²) in [4.78, 5) is 0. The van der Waals surface area contributed by atoms with E-state index in [1.54, 1.807) is 11.8 Å². The number of aryl methyl sites for hydroxylation is 1. The van der Waals surface area contributed by atoms with Crippen molar-refractivity contribution < 1.29 is 0 Å². The normalized spacial score (nSPS) is 13.5. The zero-order valence-electron chi connectivity index (χ0n) is 14.3. The first-order valence-electron chi connectivity index (χ1n) is 8.51. The average molecular weight is 356 g/mol. The van der Waals surface area contributed by atoms with Crippen molar-refractivity contribution in [3.8, 4) is 11.4 Å². The summed E-state index contributed by atoms with van der Waals surface area (Å²) in [5.74, 6) is 1.59. The highest BCUT2D eigenvalue weighted by Gasteiger charge is 2.21. The second kappa shape index (κ2) is 6.11. The smallest absolute Gasteiger partial charge is 0.186 e. The van der Waals surface area contributed by atoms with Gasteiger partial charge in [0.05, 0.1) is 5.71 Å².